The number of allylic oxidation sites excluding steroid dienone is 3. The van der Waals surface area contributed by atoms with Crippen LogP contribution in [0.15, 0.2) is 52.1 Å². The van der Waals surface area contributed by atoms with Gasteiger partial charge in [-0.15, -0.1) is 0 Å². The van der Waals surface area contributed by atoms with E-state index in [1.54, 1.807) is 30.3 Å². The molecule has 1 aliphatic rings. The van der Waals surface area contributed by atoms with Gasteiger partial charge in [-0.05, 0) is 26.3 Å². The van der Waals surface area contributed by atoms with E-state index in [4.69, 9.17) is 0 Å². The van der Waals surface area contributed by atoms with Crippen LogP contribution in [0.4, 0.5) is 0 Å². The molecule has 0 bridgehead atoms. The molecule has 1 heterocycles. The van der Waals surface area contributed by atoms with Crippen molar-refractivity contribution in [2.45, 2.75) is 32.7 Å². The Morgan fingerprint density at radius 1 is 1.28 bits per heavy atom. The number of benzene rings is 1. The van der Waals surface area contributed by atoms with Crippen molar-refractivity contribution in [2.24, 2.45) is 0 Å². The topological polar surface area (TPSA) is 115 Å². The molecule has 1 aliphatic heterocycles. The second-order valence-electron chi connectivity index (χ2n) is 6.03. The van der Waals surface area contributed by atoms with Crippen molar-refractivity contribution in [2.75, 3.05) is 5.75 Å². The van der Waals surface area contributed by atoms with E-state index >= 15 is 0 Å². The summed E-state index contributed by atoms with van der Waals surface area (Å²) in [6.45, 7) is 3.93. The Bertz CT molecular complexity index is 879. The molecule has 25 heavy (non-hydrogen) atoms. The highest BCUT2D eigenvalue weighted by molar-refractivity contribution is 7.95. The van der Waals surface area contributed by atoms with Crippen LogP contribution in [0.1, 0.15) is 32.3 Å². The second-order valence-corrected chi connectivity index (χ2v) is 8.03. The number of sulfone groups is 1. The molecule has 7 nitrogen and oxygen atoms in total. The Hall–Kier alpha value is -2.48. The van der Waals surface area contributed by atoms with Gasteiger partial charge in [-0.2, -0.15) is 0 Å². The van der Waals surface area contributed by atoms with Crippen LogP contribution in [0.3, 0.4) is 0 Å². The number of Topliss-reactive ketones (excluding diaryl/α,β-unsaturated/α-hetero) is 1. The SMILES string of the molecule is CC(=O)/C(=C(/C)O)[C@H](C1=C(C)[C@@H]([N+](=O)[O-])CS1(=O)=O)c1ccccc1. The fraction of sp³-hybridized carbons (Fsp3) is 0.353. The quantitative estimate of drug-likeness (QED) is 0.371. The average Bonchev–Trinajstić information content (AvgIpc) is 2.75. The number of ketones is 1. The van der Waals surface area contributed by atoms with Gasteiger partial charge in [0.2, 0.25) is 6.04 Å². The molecule has 0 radical (unpaired) electrons. The maximum atomic E-state index is 12.7. The van der Waals surface area contributed by atoms with Gasteiger partial charge in [0, 0.05) is 16.1 Å². The predicted molar refractivity (Wildman–Crippen MR) is 92.5 cm³/mol. The molecule has 0 aromatic heterocycles. The number of aliphatic hydroxyl groups is 1. The maximum Gasteiger partial charge on any atom is 0.249 e. The Kier molecular flexibility index (Phi) is 5.12. The highest BCUT2D eigenvalue weighted by Gasteiger charge is 2.47. The molecule has 0 fully saturated rings. The molecule has 0 spiro atoms. The minimum Gasteiger partial charge on any atom is -0.512 e. The number of hydrogen-bond acceptors (Lipinski definition) is 6. The van der Waals surface area contributed by atoms with Crippen molar-refractivity contribution in [1.82, 2.24) is 0 Å². The molecule has 134 valence electrons. The lowest BCUT2D eigenvalue weighted by Crippen LogP contribution is -2.23. The van der Waals surface area contributed by atoms with Crippen LogP contribution in [0.25, 0.3) is 0 Å². The number of rotatable bonds is 5. The summed E-state index contributed by atoms with van der Waals surface area (Å²) in [5, 5.41) is 21.2. The van der Waals surface area contributed by atoms with Gasteiger partial charge in [0.15, 0.2) is 15.6 Å². The highest BCUT2D eigenvalue weighted by atomic mass is 32.2. The molecule has 2 atom stereocenters. The first-order valence-corrected chi connectivity index (χ1v) is 9.25. The molecule has 2 rings (SSSR count). The summed E-state index contributed by atoms with van der Waals surface area (Å²) in [4.78, 5) is 22.5. The van der Waals surface area contributed by atoms with Crippen molar-refractivity contribution in [3.05, 3.63) is 67.8 Å². The first-order chi connectivity index (χ1) is 11.6. The normalized spacial score (nSPS) is 21.6. The minimum absolute atomic E-state index is 0.0758. The first kappa shape index (κ1) is 18.9. The van der Waals surface area contributed by atoms with Gasteiger partial charge in [0.25, 0.3) is 0 Å². The third-order valence-electron chi connectivity index (χ3n) is 4.31. The third kappa shape index (κ3) is 3.48. The number of hydrogen-bond donors (Lipinski definition) is 1. The molecular formula is C17H19NO6S. The van der Waals surface area contributed by atoms with Gasteiger partial charge >= 0.3 is 0 Å². The number of carbonyl (C=O) groups excluding carboxylic acids is 1. The van der Waals surface area contributed by atoms with Gasteiger partial charge < -0.3 is 5.11 Å². The molecule has 1 N–H and O–H groups in total. The first-order valence-electron chi connectivity index (χ1n) is 7.60. The van der Waals surface area contributed by atoms with Gasteiger partial charge in [-0.3, -0.25) is 14.9 Å². The van der Waals surface area contributed by atoms with E-state index in [1.807, 2.05) is 0 Å². The van der Waals surface area contributed by atoms with Crippen LogP contribution in [0.2, 0.25) is 0 Å². The van der Waals surface area contributed by atoms with E-state index in [1.165, 1.54) is 20.8 Å². The maximum absolute atomic E-state index is 12.7. The van der Waals surface area contributed by atoms with Gasteiger partial charge in [0.05, 0.1) is 16.6 Å². The fourth-order valence-electron chi connectivity index (χ4n) is 3.22. The Labute approximate surface area is 145 Å². The standard InChI is InChI=1S/C17H19NO6S/c1-10-14(18(21)22)9-25(23,24)17(10)16(13-7-5-4-6-8-13)15(11(2)19)12(3)20/h4-8,14,16,19H,9H2,1-3H3/b15-11+/t14-,16+/m0/s1. The zero-order valence-electron chi connectivity index (χ0n) is 14.1. The minimum atomic E-state index is -3.95. The number of carbonyl (C=O) groups is 1. The second kappa shape index (κ2) is 6.79. The average molecular weight is 365 g/mol. The highest BCUT2D eigenvalue weighted by Crippen LogP contribution is 2.43. The summed E-state index contributed by atoms with van der Waals surface area (Å²) in [5.74, 6) is -2.51. The summed E-state index contributed by atoms with van der Waals surface area (Å²) >= 11 is 0. The molecule has 0 unspecified atom stereocenters. The van der Waals surface area contributed by atoms with Gasteiger partial charge in [-0.25, -0.2) is 8.42 Å². The molecule has 0 saturated heterocycles. The Morgan fingerprint density at radius 3 is 2.24 bits per heavy atom. The summed E-state index contributed by atoms with van der Waals surface area (Å²) in [5.41, 5.74) is 0.495. The molecule has 0 aliphatic carbocycles. The van der Waals surface area contributed by atoms with E-state index in [-0.39, 0.29) is 21.8 Å². The van der Waals surface area contributed by atoms with Crippen LogP contribution in [0, 0.1) is 10.1 Å². The summed E-state index contributed by atoms with van der Waals surface area (Å²) in [6, 6.07) is 6.99. The lowest BCUT2D eigenvalue weighted by atomic mass is 9.85. The molecular weight excluding hydrogens is 346 g/mol. The predicted octanol–water partition coefficient (Wildman–Crippen LogP) is 2.54. The van der Waals surface area contributed by atoms with Gasteiger partial charge in [-0.1, -0.05) is 30.3 Å². The Balaban J connectivity index is 2.83. The van der Waals surface area contributed by atoms with Crippen LogP contribution in [-0.4, -0.2) is 36.0 Å². The lowest BCUT2D eigenvalue weighted by Gasteiger charge is -2.21. The van der Waals surface area contributed by atoms with E-state index in [2.05, 4.69) is 0 Å². The summed E-state index contributed by atoms with van der Waals surface area (Å²) < 4.78 is 25.3. The fourth-order valence-corrected chi connectivity index (χ4v) is 5.43. The third-order valence-corrected chi connectivity index (χ3v) is 6.29. The summed E-state index contributed by atoms with van der Waals surface area (Å²) in [7, 11) is -3.95. The van der Waals surface area contributed by atoms with Crippen molar-refractivity contribution in [3.63, 3.8) is 0 Å². The monoisotopic (exact) mass is 365 g/mol. The van der Waals surface area contributed by atoms with E-state index in [0.29, 0.717) is 5.56 Å². The van der Waals surface area contributed by atoms with E-state index in [9.17, 15) is 28.4 Å². The van der Waals surface area contributed by atoms with Crippen molar-refractivity contribution < 1.29 is 23.2 Å². The molecule has 1 aromatic rings. The zero-order chi connectivity index (χ0) is 18.9. The van der Waals surface area contributed by atoms with Crippen LogP contribution >= 0.6 is 0 Å². The van der Waals surface area contributed by atoms with Gasteiger partial charge in [0.1, 0.15) is 5.75 Å². The molecule has 1 aromatic carbocycles. The smallest absolute Gasteiger partial charge is 0.249 e. The molecule has 0 saturated carbocycles. The summed E-state index contributed by atoms with van der Waals surface area (Å²) in [6.07, 6.45) is 0. The van der Waals surface area contributed by atoms with Crippen LogP contribution in [-0.2, 0) is 14.6 Å². The lowest BCUT2D eigenvalue weighted by molar-refractivity contribution is -0.505. The van der Waals surface area contributed by atoms with E-state index in [0.717, 1.165) is 0 Å². The Morgan fingerprint density at radius 2 is 1.84 bits per heavy atom. The number of nitrogens with zero attached hydrogens (tertiary/aromatic N) is 1. The molecule has 0 amide bonds. The molecule has 8 heteroatoms. The van der Waals surface area contributed by atoms with Crippen molar-refractivity contribution in [3.8, 4) is 0 Å². The van der Waals surface area contributed by atoms with Crippen LogP contribution in [0.5, 0.6) is 0 Å². The van der Waals surface area contributed by atoms with E-state index < -0.39 is 38.3 Å². The largest absolute Gasteiger partial charge is 0.512 e. The number of nitro groups is 1. The van der Waals surface area contributed by atoms with Crippen molar-refractivity contribution in [1.29, 1.82) is 0 Å². The number of aliphatic hydroxyl groups excluding tert-OH is 1. The zero-order valence-corrected chi connectivity index (χ0v) is 14.9. The van der Waals surface area contributed by atoms with Crippen molar-refractivity contribution >= 4 is 15.6 Å². The van der Waals surface area contributed by atoms with Crippen LogP contribution < -0.4 is 0 Å².